The van der Waals surface area contributed by atoms with Gasteiger partial charge in [-0.15, -0.1) is 0 Å². The summed E-state index contributed by atoms with van der Waals surface area (Å²) in [5, 5.41) is 0.527. The third-order valence-electron chi connectivity index (χ3n) is 4.44. The Kier molecular flexibility index (Phi) is 5.54. The van der Waals surface area contributed by atoms with Crippen LogP contribution in [0.15, 0.2) is 53.6 Å². The van der Waals surface area contributed by atoms with Gasteiger partial charge < -0.3 is 9.64 Å². The molecule has 140 valence electrons. The number of benzene rings is 2. The van der Waals surface area contributed by atoms with Gasteiger partial charge in [-0.05, 0) is 43.2 Å². The van der Waals surface area contributed by atoms with Gasteiger partial charge in [0.25, 0.3) is 5.56 Å². The molecular formula is C21H23N3O3. The number of amides is 1. The lowest BCUT2D eigenvalue weighted by Gasteiger charge is -2.18. The second-order valence-corrected chi connectivity index (χ2v) is 6.48. The molecule has 0 radical (unpaired) electrons. The van der Waals surface area contributed by atoms with Gasteiger partial charge in [-0.1, -0.05) is 24.3 Å². The van der Waals surface area contributed by atoms with Crippen LogP contribution in [0.2, 0.25) is 0 Å². The standard InChI is InChI=1S/C21H23N3O3/c1-4-27-17-10-8-16(9-11-17)12-23(3)19(25)13-24-14-22-20-15(2)6-5-7-18(20)21(24)26/h5-11,14H,4,12-13H2,1-3H3. The van der Waals surface area contributed by atoms with Crippen molar-refractivity contribution in [3.8, 4) is 5.75 Å². The van der Waals surface area contributed by atoms with Gasteiger partial charge in [0.2, 0.25) is 5.91 Å². The fourth-order valence-corrected chi connectivity index (χ4v) is 2.94. The largest absolute Gasteiger partial charge is 0.494 e. The molecule has 3 aromatic rings. The summed E-state index contributed by atoms with van der Waals surface area (Å²) in [7, 11) is 1.72. The number of rotatable bonds is 6. The minimum absolute atomic E-state index is 0.0384. The van der Waals surface area contributed by atoms with E-state index in [1.54, 1.807) is 18.0 Å². The number of hydrogen-bond acceptors (Lipinski definition) is 4. The molecule has 0 fully saturated rings. The number of ether oxygens (including phenoxy) is 1. The van der Waals surface area contributed by atoms with Crippen LogP contribution >= 0.6 is 0 Å². The molecule has 2 aromatic carbocycles. The summed E-state index contributed by atoms with van der Waals surface area (Å²) >= 11 is 0. The van der Waals surface area contributed by atoms with E-state index in [-0.39, 0.29) is 18.0 Å². The first kappa shape index (κ1) is 18.6. The number of para-hydroxylation sites is 1. The Morgan fingerprint density at radius 1 is 1.19 bits per heavy atom. The number of hydrogen-bond donors (Lipinski definition) is 0. The zero-order valence-electron chi connectivity index (χ0n) is 15.8. The summed E-state index contributed by atoms with van der Waals surface area (Å²) in [6, 6.07) is 13.1. The molecule has 0 aliphatic rings. The van der Waals surface area contributed by atoms with E-state index in [9.17, 15) is 9.59 Å². The van der Waals surface area contributed by atoms with Gasteiger partial charge in [0.1, 0.15) is 12.3 Å². The van der Waals surface area contributed by atoms with Gasteiger partial charge in [0, 0.05) is 13.6 Å². The molecule has 27 heavy (non-hydrogen) atoms. The van der Waals surface area contributed by atoms with Crippen LogP contribution < -0.4 is 10.3 Å². The lowest BCUT2D eigenvalue weighted by molar-refractivity contribution is -0.131. The highest BCUT2D eigenvalue weighted by molar-refractivity contribution is 5.81. The normalized spacial score (nSPS) is 10.8. The Hall–Kier alpha value is -3.15. The Bertz CT molecular complexity index is 1010. The van der Waals surface area contributed by atoms with Crippen LogP contribution in [0.4, 0.5) is 0 Å². The Morgan fingerprint density at radius 3 is 2.63 bits per heavy atom. The SMILES string of the molecule is CCOc1ccc(CN(C)C(=O)Cn2cnc3c(C)cccc3c2=O)cc1. The summed E-state index contributed by atoms with van der Waals surface area (Å²) in [5.41, 5.74) is 2.41. The molecule has 1 aromatic heterocycles. The van der Waals surface area contributed by atoms with Crippen LogP contribution in [0.1, 0.15) is 18.1 Å². The minimum Gasteiger partial charge on any atom is -0.494 e. The van der Waals surface area contributed by atoms with Crippen LogP contribution in [0.25, 0.3) is 10.9 Å². The fraction of sp³-hybridized carbons (Fsp3) is 0.286. The smallest absolute Gasteiger partial charge is 0.261 e. The Balaban J connectivity index is 1.72. The second kappa shape index (κ2) is 8.03. The molecule has 0 saturated heterocycles. The topological polar surface area (TPSA) is 64.4 Å². The zero-order valence-corrected chi connectivity index (χ0v) is 15.8. The van der Waals surface area contributed by atoms with Crippen molar-refractivity contribution in [1.29, 1.82) is 0 Å². The predicted molar refractivity (Wildman–Crippen MR) is 105 cm³/mol. The van der Waals surface area contributed by atoms with Crippen molar-refractivity contribution in [2.75, 3.05) is 13.7 Å². The average molecular weight is 365 g/mol. The fourth-order valence-electron chi connectivity index (χ4n) is 2.94. The molecule has 0 aliphatic carbocycles. The molecule has 0 unspecified atom stereocenters. The Labute approximate surface area is 158 Å². The zero-order chi connectivity index (χ0) is 19.4. The molecule has 0 bridgehead atoms. The van der Waals surface area contributed by atoms with Crippen molar-refractivity contribution in [2.45, 2.75) is 26.9 Å². The second-order valence-electron chi connectivity index (χ2n) is 6.48. The molecule has 0 saturated carbocycles. The van der Waals surface area contributed by atoms with E-state index in [1.807, 2.05) is 50.2 Å². The van der Waals surface area contributed by atoms with Gasteiger partial charge >= 0.3 is 0 Å². The monoisotopic (exact) mass is 365 g/mol. The van der Waals surface area contributed by atoms with E-state index in [2.05, 4.69) is 4.98 Å². The highest BCUT2D eigenvalue weighted by Gasteiger charge is 2.13. The van der Waals surface area contributed by atoms with Gasteiger partial charge in [-0.2, -0.15) is 0 Å². The van der Waals surface area contributed by atoms with Crippen LogP contribution in [0, 0.1) is 6.92 Å². The third kappa shape index (κ3) is 4.16. The molecule has 0 spiro atoms. The molecule has 3 rings (SSSR count). The van der Waals surface area contributed by atoms with Crippen molar-refractivity contribution >= 4 is 16.8 Å². The summed E-state index contributed by atoms with van der Waals surface area (Å²) in [6.45, 7) is 4.88. The number of fused-ring (bicyclic) bond motifs is 1. The van der Waals surface area contributed by atoms with Crippen molar-refractivity contribution < 1.29 is 9.53 Å². The van der Waals surface area contributed by atoms with E-state index >= 15 is 0 Å². The summed E-state index contributed by atoms with van der Waals surface area (Å²) < 4.78 is 6.78. The maximum Gasteiger partial charge on any atom is 0.261 e. The van der Waals surface area contributed by atoms with Gasteiger partial charge in [-0.25, -0.2) is 4.98 Å². The lowest BCUT2D eigenvalue weighted by Crippen LogP contribution is -2.33. The third-order valence-corrected chi connectivity index (χ3v) is 4.44. The van der Waals surface area contributed by atoms with Crippen molar-refractivity contribution in [3.05, 3.63) is 70.3 Å². The lowest BCUT2D eigenvalue weighted by atomic mass is 10.1. The first-order chi connectivity index (χ1) is 13.0. The van der Waals surface area contributed by atoms with Crippen molar-refractivity contribution in [2.24, 2.45) is 0 Å². The highest BCUT2D eigenvalue weighted by Crippen LogP contribution is 2.14. The molecular weight excluding hydrogens is 342 g/mol. The van der Waals surface area contributed by atoms with E-state index in [4.69, 9.17) is 4.74 Å². The minimum atomic E-state index is -0.202. The molecule has 0 atom stereocenters. The number of carbonyl (C=O) groups excluding carboxylic acids is 1. The summed E-state index contributed by atoms with van der Waals surface area (Å²) in [4.78, 5) is 31.1. The van der Waals surface area contributed by atoms with Gasteiger partial charge in [0.05, 0.1) is 23.8 Å². The van der Waals surface area contributed by atoms with Gasteiger partial charge in [0.15, 0.2) is 0 Å². The number of carbonyl (C=O) groups is 1. The summed E-state index contributed by atoms with van der Waals surface area (Å²) in [6.07, 6.45) is 1.44. The van der Waals surface area contributed by atoms with E-state index < -0.39 is 0 Å². The van der Waals surface area contributed by atoms with Crippen LogP contribution in [0.3, 0.4) is 0 Å². The molecule has 6 heteroatoms. The van der Waals surface area contributed by atoms with Crippen LogP contribution in [-0.4, -0.2) is 34.0 Å². The first-order valence-corrected chi connectivity index (χ1v) is 8.90. The predicted octanol–water partition coefficient (Wildman–Crippen LogP) is 2.76. The van der Waals surface area contributed by atoms with Crippen LogP contribution in [-0.2, 0) is 17.9 Å². The molecule has 1 amide bonds. The van der Waals surface area contributed by atoms with E-state index in [0.29, 0.717) is 24.1 Å². The first-order valence-electron chi connectivity index (χ1n) is 8.90. The number of nitrogens with zero attached hydrogens (tertiary/aromatic N) is 3. The quantitative estimate of drug-likeness (QED) is 0.674. The average Bonchev–Trinajstić information content (AvgIpc) is 2.66. The number of aryl methyl sites for hydroxylation is 1. The van der Waals surface area contributed by atoms with Crippen molar-refractivity contribution in [3.63, 3.8) is 0 Å². The molecule has 1 heterocycles. The maximum atomic E-state index is 12.6. The number of aromatic nitrogens is 2. The maximum absolute atomic E-state index is 12.6. The number of likely N-dealkylation sites (N-methyl/N-ethyl adjacent to an activating group) is 1. The molecule has 0 N–H and O–H groups in total. The van der Waals surface area contributed by atoms with E-state index in [0.717, 1.165) is 16.9 Å². The van der Waals surface area contributed by atoms with E-state index in [1.165, 1.54) is 10.9 Å². The molecule has 6 nitrogen and oxygen atoms in total. The Morgan fingerprint density at radius 2 is 1.93 bits per heavy atom. The highest BCUT2D eigenvalue weighted by atomic mass is 16.5. The molecule has 0 aliphatic heterocycles. The summed E-state index contributed by atoms with van der Waals surface area (Å²) in [5.74, 6) is 0.652. The van der Waals surface area contributed by atoms with Gasteiger partial charge in [-0.3, -0.25) is 14.2 Å². The van der Waals surface area contributed by atoms with Crippen LogP contribution in [0.5, 0.6) is 5.75 Å². The van der Waals surface area contributed by atoms with Crippen molar-refractivity contribution in [1.82, 2.24) is 14.5 Å².